The minimum Gasteiger partial charge on any atom is -0.481 e. The Morgan fingerprint density at radius 1 is 1.37 bits per heavy atom. The second-order valence-corrected chi connectivity index (χ2v) is 4.73. The number of carbonyl (C=O) groups excluding carboxylic acids is 1. The van der Waals surface area contributed by atoms with E-state index < -0.39 is 5.97 Å². The number of nitrogens with zero attached hydrogens (tertiary/aromatic N) is 1. The van der Waals surface area contributed by atoms with Gasteiger partial charge in [-0.2, -0.15) is 0 Å². The van der Waals surface area contributed by atoms with Crippen molar-refractivity contribution in [3.05, 3.63) is 17.5 Å². The van der Waals surface area contributed by atoms with Crippen molar-refractivity contribution in [3.8, 4) is 0 Å². The minimum absolute atomic E-state index is 0.174. The smallest absolute Gasteiger partial charge is 0.303 e. The molecule has 19 heavy (non-hydrogen) atoms. The van der Waals surface area contributed by atoms with Crippen LogP contribution in [0.15, 0.2) is 10.6 Å². The quantitative estimate of drug-likeness (QED) is 0.705. The van der Waals surface area contributed by atoms with Crippen LogP contribution in [0.25, 0.3) is 0 Å². The summed E-state index contributed by atoms with van der Waals surface area (Å²) in [6, 6.07) is 1.64. The molecule has 1 heterocycles. The first-order chi connectivity index (χ1) is 9.00. The third-order valence-electron chi connectivity index (χ3n) is 2.70. The largest absolute Gasteiger partial charge is 0.481 e. The fraction of sp³-hybridized carbons (Fsp3) is 0.615. The Bertz CT molecular complexity index is 426. The van der Waals surface area contributed by atoms with Crippen LogP contribution in [0.3, 0.4) is 0 Å². The van der Waals surface area contributed by atoms with Crippen molar-refractivity contribution in [1.82, 2.24) is 10.5 Å². The van der Waals surface area contributed by atoms with E-state index in [1.165, 1.54) is 0 Å². The summed E-state index contributed by atoms with van der Waals surface area (Å²) in [5.41, 5.74) is 0.756. The predicted octanol–water partition coefficient (Wildman–Crippen LogP) is 2.17. The molecular formula is C13H20N2O4. The summed E-state index contributed by atoms with van der Waals surface area (Å²) in [7, 11) is 0. The first kappa shape index (κ1) is 15.2. The molecule has 0 atom stereocenters. The molecule has 1 aromatic rings. The second-order valence-electron chi connectivity index (χ2n) is 4.73. The first-order valence-electron chi connectivity index (χ1n) is 6.47. The number of aromatic nitrogens is 1. The fourth-order valence-electron chi connectivity index (χ4n) is 1.54. The van der Waals surface area contributed by atoms with Gasteiger partial charge in [0.25, 0.3) is 5.91 Å². The topological polar surface area (TPSA) is 92.4 Å². The number of unbranched alkanes of at least 4 members (excludes halogenated alkanes) is 2. The minimum atomic E-state index is -0.785. The van der Waals surface area contributed by atoms with Gasteiger partial charge in [0.1, 0.15) is 0 Å². The van der Waals surface area contributed by atoms with Crippen molar-refractivity contribution in [2.45, 2.75) is 45.4 Å². The lowest BCUT2D eigenvalue weighted by Gasteiger charge is -2.01. The Morgan fingerprint density at radius 3 is 2.68 bits per heavy atom. The SMILES string of the molecule is CC(C)c1cc(C(=O)NCCCCCC(=O)O)on1. The van der Waals surface area contributed by atoms with Gasteiger partial charge >= 0.3 is 5.97 Å². The Hall–Kier alpha value is -1.85. The maximum absolute atomic E-state index is 11.7. The van der Waals surface area contributed by atoms with Gasteiger partial charge in [-0.3, -0.25) is 9.59 Å². The first-order valence-corrected chi connectivity index (χ1v) is 6.47. The van der Waals surface area contributed by atoms with Crippen LogP contribution in [0, 0.1) is 0 Å². The van der Waals surface area contributed by atoms with Gasteiger partial charge in [-0.15, -0.1) is 0 Å². The molecule has 0 spiro atoms. The van der Waals surface area contributed by atoms with Crippen molar-refractivity contribution in [3.63, 3.8) is 0 Å². The lowest BCUT2D eigenvalue weighted by Crippen LogP contribution is -2.23. The van der Waals surface area contributed by atoms with E-state index in [1.54, 1.807) is 6.07 Å². The van der Waals surface area contributed by atoms with E-state index in [4.69, 9.17) is 9.63 Å². The molecule has 0 aliphatic carbocycles. The molecule has 0 radical (unpaired) electrons. The van der Waals surface area contributed by atoms with E-state index in [-0.39, 0.29) is 24.0 Å². The Kier molecular flexibility index (Phi) is 6.05. The van der Waals surface area contributed by atoms with Gasteiger partial charge in [-0.1, -0.05) is 25.4 Å². The Morgan fingerprint density at radius 2 is 2.11 bits per heavy atom. The average Bonchev–Trinajstić information content (AvgIpc) is 2.82. The molecule has 2 N–H and O–H groups in total. The Balaban J connectivity index is 2.22. The van der Waals surface area contributed by atoms with E-state index in [1.807, 2.05) is 13.8 Å². The molecule has 0 fully saturated rings. The molecule has 1 amide bonds. The van der Waals surface area contributed by atoms with Crippen LogP contribution in [0.4, 0.5) is 0 Å². The number of amides is 1. The van der Waals surface area contributed by atoms with Gasteiger partial charge in [-0.25, -0.2) is 0 Å². The predicted molar refractivity (Wildman–Crippen MR) is 69.0 cm³/mol. The van der Waals surface area contributed by atoms with Gasteiger partial charge < -0.3 is 14.9 Å². The molecule has 0 saturated heterocycles. The third kappa shape index (κ3) is 5.54. The summed E-state index contributed by atoms with van der Waals surface area (Å²) < 4.78 is 4.96. The van der Waals surface area contributed by atoms with Crippen molar-refractivity contribution < 1.29 is 19.2 Å². The zero-order valence-corrected chi connectivity index (χ0v) is 11.3. The van der Waals surface area contributed by atoms with E-state index in [9.17, 15) is 9.59 Å². The zero-order chi connectivity index (χ0) is 14.3. The van der Waals surface area contributed by atoms with Crippen LogP contribution in [0.2, 0.25) is 0 Å². The number of nitrogens with one attached hydrogen (secondary N) is 1. The highest BCUT2D eigenvalue weighted by atomic mass is 16.5. The number of aliphatic carboxylic acids is 1. The highest BCUT2D eigenvalue weighted by Crippen LogP contribution is 2.13. The van der Waals surface area contributed by atoms with Crippen LogP contribution in [-0.4, -0.2) is 28.7 Å². The van der Waals surface area contributed by atoms with E-state index in [2.05, 4.69) is 10.5 Å². The average molecular weight is 268 g/mol. The highest BCUT2D eigenvalue weighted by Gasteiger charge is 2.13. The Labute approximate surface area is 112 Å². The van der Waals surface area contributed by atoms with Crippen LogP contribution in [-0.2, 0) is 4.79 Å². The number of rotatable bonds is 8. The molecule has 0 bridgehead atoms. The van der Waals surface area contributed by atoms with Gasteiger partial charge in [0, 0.05) is 19.0 Å². The summed E-state index contributed by atoms with van der Waals surface area (Å²) in [6.45, 7) is 4.46. The van der Waals surface area contributed by atoms with E-state index in [0.29, 0.717) is 13.0 Å². The lowest BCUT2D eigenvalue weighted by atomic mass is 10.1. The number of carboxylic acid groups (broad SMARTS) is 1. The van der Waals surface area contributed by atoms with Gasteiger partial charge in [-0.05, 0) is 18.8 Å². The second kappa shape index (κ2) is 7.56. The molecular weight excluding hydrogens is 248 g/mol. The summed E-state index contributed by atoms with van der Waals surface area (Å²) >= 11 is 0. The van der Waals surface area contributed by atoms with Gasteiger partial charge in [0.05, 0.1) is 5.69 Å². The summed E-state index contributed by atoms with van der Waals surface area (Å²) in [5, 5.41) is 15.0. The van der Waals surface area contributed by atoms with Crippen molar-refractivity contribution >= 4 is 11.9 Å². The molecule has 106 valence electrons. The maximum Gasteiger partial charge on any atom is 0.303 e. The normalized spacial score (nSPS) is 10.7. The molecule has 0 unspecified atom stereocenters. The summed E-state index contributed by atoms with van der Waals surface area (Å²) in [4.78, 5) is 22.0. The monoisotopic (exact) mass is 268 g/mol. The number of carbonyl (C=O) groups is 2. The molecule has 1 aromatic heterocycles. The van der Waals surface area contributed by atoms with Crippen LogP contribution < -0.4 is 5.32 Å². The molecule has 0 saturated carbocycles. The van der Waals surface area contributed by atoms with Crippen LogP contribution >= 0.6 is 0 Å². The highest BCUT2D eigenvalue weighted by molar-refractivity contribution is 5.91. The van der Waals surface area contributed by atoms with E-state index in [0.717, 1.165) is 18.5 Å². The number of carboxylic acids is 1. The van der Waals surface area contributed by atoms with Crippen molar-refractivity contribution in [2.75, 3.05) is 6.54 Å². The van der Waals surface area contributed by atoms with Crippen LogP contribution in [0.1, 0.15) is 61.7 Å². The fourth-order valence-corrected chi connectivity index (χ4v) is 1.54. The van der Waals surface area contributed by atoms with Crippen molar-refractivity contribution in [2.24, 2.45) is 0 Å². The molecule has 0 aromatic carbocycles. The number of hydrogen-bond donors (Lipinski definition) is 2. The molecule has 0 aliphatic heterocycles. The molecule has 0 aliphatic rings. The number of hydrogen-bond acceptors (Lipinski definition) is 4. The van der Waals surface area contributed by atoms with Gasteiger partial charge in [0.2, 0.25) is 5.76 Å². The molecule has 6 heteroatoms. The van der Waals surface area contributed by atoms with E-state index >= 15 is 0 Å². The van der Waals surface area contributed by atoms with Crippen LogP contribution in [0.5, 0.6) is 0 Å². The molecule has 6 nitrogen and oxygen atoms in total. The molecule has 1 rings (SSSR count). The summed E-state index contributed by atoms with van der Waals surface area (Å²) in [5.74, 6) is -0.625. The summed E-state index contributed by atoms with van der Waals surface area (Å²) in [6.07, 6.45) is 2.34. The third-order valence-corrected chi connectivity index (χ3v) is 2.70. The lowest BCUT2D eigenvalue weighted by molar-refractivity contribution is -0.137. The zero-order valence-electron chi connectivity index (χ0n) is 11.3. The van der Waals surface area contributed by atoms with Crippen molar-refractivity contribution in [1.29, 1.82) is 0 Å². The van der Waals surface area contributed by atoms with Gasteiger partial charge in [0.15, 0.2) is 0 Å². The standard InChI is InChI=1S/C13H20N2O4/c1-9(2)10-8-11(19-15-10)13(18)14-7-5-3-4-6-12(16)17/h8-9H,3-7H2,1-2H3,(H,14,18)(H,16,17). The maximum atomic E-state index is 11.7.